The highest BCUT2D eigenvalue weighted by Crippen LogP contribution is 2.34. The SMILES string of the molecule is CCOc1cc(-c2cc(NC(=O)c3ccnc(C(F)(F)F)c3)ccc2C)cc(-c2ccnc(NC(=O)C3CC3)c2)n1. The third-order valence-corrected chi connectivity index (χ3v) is 6.47. The Kier molecular flexibility index (Phi) is 7.69. The molecule has 0 unspecified atom stereocenters. The molecule has 5 rings (SSSR count). The number of nitrogens with one attached hydrogen (secondary N) is 2. The van der Waals surface area contributed by atoms with Crippen LogP contribution in [0.25, 0.3) is 22.4 Å². The van der Waals surface area contributed by atoms with E-state index in [0.29, 0.717) is 41.3 Å². The molecule has 3 heterocycles. The number of nitrogens with zero attached hydrogens (tertiary/aromatic N) is 3. The lowest BCUT2D eigenvalue weighted by molar-refractivity contribution is -0.141. The average Bonchev–Trinajstić information content (AvgIpc) is 3.80. The fraction of sp³-hybridized carbons (Fsp3) is 0.233. The Hall–Kier alpha value is -4.80. The van der Waals surface area contributed by atoms with Gasteiger partial charge in [-0.2, -0.15) is 13.2 Å². The van der Waals surface area contributed by atoms with Crippen molar-refractivity contribution in [3.8, 4) is 28.3 Å². The molecule has 1 aliphatic carbocycles. The number of aryl methyl sites for hydroxylation is 1. The number of halogens is 3. The molecule has 210 valence electrons. The van der Waals surface area contributed by atoms with Crippen LogP contribution in [0, 0.1) is 12.8 Å². The molecule has 1 fully saturated rings. The van der Waals surface area contributed by atoms with E-state index in [2.05, 4.69) is 25.6 Å². The van der Waals surface area contributed by atoms with Gasteiger partial charge in [-0.1, -0.05) is 6.07 Å². The number of rotatable bonds is 8. The number of anilines is 2. The number of benzene rings is 1. The van der Waals surface area contributed by atoms with Gasteiger partial charge in [-0.3, -0.25) is 14.6 Å². The number of alkyl halides is 3. The van der Waals surface area contributed by atoms with Crippen molar-refractivity contribution in [1.82, 2.24) is 15.0 Å². The first-order valence-corrected chi connectivity index (χ1v) is 13.0. The quantitative estimate of drug-likeness (QED) is 0.253. The largest absolute Gasteiger partial charge is 0.478 e. The number of hydrogen-bond acceptors (Lipinski definition) is 6. The van der Waals surface area contributed by atoms with Crippen molar-refractivity contribution in [2.75, 3.05) is 17.2 Å². The van der Waals surface area contributed by atoms with Crippen molar-refractivity contribution in [3.63, 3.8) is 0 Å². The second-order valence-electron chi connectivity index (χ2n) is 9.62. The smallest absolute Gasteiger partial charge is 0.433 e. The lowest BCUT2D eigenvalue weighted by Crippen LogP contribution is -2.15. The van der Waals surface area contributed by atoms with Crippen LogP contribution in [0.5, 0.6) is 5.88 Å². The van der Waals surface area contributed by atoms with E-state index in [1.165, 1.54) is 6.07 Å². The number of ether oxygens (including phenoxy) is 1. The molecule has 41 heavy (non-hydrogen) atoms. The fourth-order valence-electron chi connectivity index (χ4n) is 4.20. The number of hydrogen-bond donors (Lipinski definition) is 2. The van der Waals surface area contributed by atoms with E-state index >= 15 is 0 Å². The van der Waals surface area contributed by atoms with Crippen molar-refractivity contribution in [1.29, 1.82) is 0 Å². The predicted molar refractivity (Wildman–Crippen MR) is 147 cm³/mol. The summed E-state index contributed by atoms with van der Waals surface area (Å²) in [5.74, 6) is 0.0892. The first kappa shape index (κ1) is 27.8. The molecule has 8 nitrogen and oxygen atoms in total. The summed E-state index contributed by atoms with van der Waals surface area (Å²) in [6, 6.07) is 14.3. The Morgan fingerprint density at radius 3 is 2.46 bits per heavy atom. The predicted octanol–water partition coefficient (Wildman–Crippen LogP) is 6.53. The van der Waals surface area contributed by atoms with Crippen LogP contribution in [0.15, 0.2) is 67.0 Å². The second-order valence-corrected chi connectivity index (χ2v) is 9.62. The monoisotopic (exact) mass is 561 g/mol. The zero-order chi connectivity index (χ0) is 29.1. The molecule has 0 radical (unpaired) electrons. The van der Waals surface area contributed by atoms with Gasteiger partial charge in [-0.25, -0.2) is 9.97 Å². The van der Waals surface area contributed by atoms with Crippen molar-refractivity contribution in [2.24, 2.45) is 5.92 Å². The maximum atomic E-state index is 13.1. The zero-order valence-electron chi connectivity index (χ0n) is 22.2. The normalized spacial score (nSPS) is 13.0. The number of pyridine rings is 3. The van der Waals surface area contributed by atoms with Gasteiger partial charge in [0.1, 0.15) is 11.5 Å². The van der Waals surface area contributed by atoms with Gasteiger partial charge >= 0.3 is 6.18 Å². The van der Waals surface area contributed by atoms with E-state index in [-0.39, 0.29) is 17.4 Å². The van der Waals surface area contributed by atoms with Crippen molar-refractivity contribution >= 4 is 23.3 Å². The van der Waals surface area contributed by atoms with Crippen LogP contribution in [0.2, 0.25) is 0 Å². The second kappa shape index (κ2) is 11.4. The molecular formula is C30H26F3N5O3. The summed E-state index contributed by atoms with van der Waals surface area (Å²) in [5, 5.41) is 5.52. The lowest BCUT2D eigenvalue weighted by Gasteiger charge is -2.14. The Bertz CT molecular complexity index is 1620. The zero-order valence-corrected chi connectivity index (χ0v) is 22.2. The molecule has 3 aromatic heterocycles. The van der Waals surface area contributed by atoms with E-state index in [0.717, 1.165) is 35.7 Å². The lowest BCUT2D eigenvalue weighted by atomic mass is 9.98. The minimum absolute atomic E-state index is 0.0347. The van der Waals surface area contributed by atoms with E-state index in [1.807, 2.05) is 19.9 Å². The van der Waals surface area contributed by atoms with Gasteiger partial charge < -0.3 is 15.4 Å². The Balaban J connectivity index is 1.46. The number of carbonyl (C=O) groups is 2. The number of aromatic nitrogens is 3. The highest BCUT2D eigenvalue weighted by Gasteiger charge is 2.33. The highest BCUT2D eigenvalue weighted by molar-refractivity contribution is 6.04. The first-order chi connectivity index (χ1) is 19.6. The summed E-state index contributed by atoms with van der Waals surface area (Å²) >= 11 is 0. The van der Waals surface area contributed by atoms with E-state index < -0.39 is 17.8 Å². The molecule has 1 aromatic carbocycles. The van der Waals surface area contributed by atoms with Crippen molar-refractivity contribution in [3.05, 3.63) is 83.8 Å². The molecule has 4 aromatic rings. The maximum Gasteiger partial charge on any atom is 0.433 e. The third-order valence-electron chi connectivity index (χ3n) is 6.47. The van der Waals surface area contributed by atoms with Crippen LogP contribution in [-0.2, 0) is 11.0 Å². The third kappa shape index (κ3) is 6.68. The van der Waals surface area contributed by atoms with Gasteiger partial charge in [0.05, 0.1) is 12.3 Å². The number of carbonyl (C=O) groups excluding carboxylic acids is 2. The molecule has 1 saturated carbocycles. The van der Waals surface area contributed by atoms with Crippen LogP contribution < -0.4 is 15.4 Å². The minimum Gasteiger partial charge on any atom is -0.478 e. The summed E-state index contributed by atoms with van der Waals surface area (Å²) in [6.07, 6.45) is -0.361. The molecule has 0 spiro atoms. The van der Waals surface area contributed by atoms with Crippen molar-refractivity contribution in [2.45, 2.75) is 32.9 Å². The fourth-order valence-corrected chi connectivity index (χ4v) is 4.20. The summed E-state index contributed by atoms with van der Waals surface area (Å²) < 4.78 is 44.9. The van der Waals surface area contributed by atoms with Gasteiger partial charge in [0.15, 0.2) is 0 Å². The van der Waals surface area contributed by atoms with Crippen molar-refractivity contribution < 1.29 is 27.5 Å². The summed E-state index contributed by atoms with van der Waals surface area (Å²) in [4.78, 5) is 37.2. The van der Waals surface area contributed by atoms with Gasteiger partial charge in [0.2, 0.25) is 11.8 Å². The van der Waals surface area contributed by atoms with Crippen LogP contribution in [0.1, 0.15) is 41.4 Å². The molecule has 0 aliphatic heterocycles. The standard InChI is InChI=1S/C30H26F3N5O3/c1-3-41-27-15-21(12-24(37-27)19-8-11-35-26(14-19)38-28(39)18-5-6-18)23-16-22(7-4-17(23)2)36-29(40)20-9-10-34-25(13-20)30(31,32)33/h4,7-16,18H,3,5-6H2,1-2H3,(H,36,40)(H,35,38,39). The molecule has 2 amide bonds. The molecule has 11 heteroatoms. The molecule has 0 atom stereocenters. The van der Waals surface area contributed by atoms with E-state index in [9.17, 15) is 22.8 Å². The molecular weight excluding hydrogens is 535 g/mol. The topological polar surface area (TPSA) is 106 Å². The molecule has 0 bridgehead atoms. The van der Waals surface area contributed by atoms with E-state index in [4.69, 9.17) is 4.74 Å². The Morgan fingerprint density at radius 2 is 1.73 bits per heavy atom. The minimum atomic E-state index is -4.66. The number of amides is 2. The summed E-state index contributed by atoms with van der Waals surface area (Å²) in [6.45, 7) is 4.13. The average molecular weight is 562 g/mol. The molecule has 0 saturated heterocycles. The molecule has 1 aliphatic rings. The van der Waals surface area contributed by atoms with Crippen LogP contribution in [-0.4, -0.2) is 33.4 Å². The van der Waals surface area contributed by atoms with Crippen LogP contribution >= 0.6 is 0 Å². The van der Waals surface area contributed by atoms with Crippen LogP contribution in [0.3, 0.4) is 0 Å². The van der Waals surface area contributed by atoms with Gasteiger partial charge in [-0.15, -0.1) is 0 Å². The van der Waals surface area contributed by atoms with Gasteiger partial charge in [0, 0.05) is 41.2 Å². The summed E-state index contributed by atoms with van der Waals surface area (Å²) in [5.41, 5.74) is 2.78. The van der Waals surface area contributed by atoms with Gasteiger partial charge in [-0.05, 0) is 85.8 Å². The Morgan fingerprint density at radius 1 is 0.951 bits per heavy atom. The molecule has 2 N–H and O–H groups in total. The summed E-state index contributed by atoms with van der Waals surface area (Å²) in [7, 11) is 0. The first-order valence-electron chi connectivity index (χ1n) is 13.0. The van der Waals surface area contributed by atoms with E-state index in [1.54, 1.807) is 42.6 Å². The highest BCUT2D eigenvalue weighted by atomic mass is 19.4. The Labute approximate surface area is 234 Å². The van der Waals surface area contributed by atoms with Crippen LogP contribution in [0.4, 0.5) is 24.7 Å². The maximum absolute atomic E-state index is 13.1. The van der Waals surface area contributed by atoms with Gasteiger partial charge in [0.25, 0.3) is 5.91 Å².